The first kappa shape index (κ1) is 10.8. The number of hydrogen-bond acceptors (Lipinski definition) is 2. The molecule has 0 atom stereocenters. The van der Waals surface area contributed by atoms with Crippen molar-refractivity contribution in [1.29, 1.82) is 0 Å². The minimum atomic E-state index is -0.498. The van der Waals surface area contributed by atoms with E-state index in [1.807, 2.05) is 30.3 Å². The highest BCUT2D eigenvalue weighted by Crippen LogP contribution is 2.04. The molecule has 0 saturated heterocycles. The smallest absolute Gasteiger partial charge is 0.343 e. The largest absolute Gasteiger partial charge is 0.351 e. The van der Waals surface area contributed by atoms with E-state index in [2.05, 4.69) is 4.29 Å². The molecule has 74 valence electrons. The van der Waals surface area contributed by atoms with Crippen LogP contribution in [0.5, 0.6) is 0 Å². The highest BCUT2D eigenvalue weighted by Gasteiger charge is 2.03. The fourth-order valence-electron chi connectivity index (χ4n) is 1.03. The summed E-state index contributed by atoms with van der Waals surface area (Å²) in [6.45, 7) is 1.67. The van der Waals surface area contributed by atoms with Gasteiger partial charge in [0.1, 0.15) is 11.9 Å². The second-order valence-electron chi connectivity index (χ2n) is 2.94. The molecule has 1 rings (SSSR count). The van der Waals surface area contributed by atoms with Gasteiger partial charge >= 0.3 is 5.97 Å². The molecule has 0 aliphatic rings. The van der Waals surface area contributed by atoms with Gasteiger partial charge in [-0.25, -0.2) is 4.79 Å². The second-order valence-corrected chi connectivity index (χ2v) is 3.10. The van der Waals surface area contributed by atoms with Crippen molar-refractivity contribution in [2.75, 3.05) is 0 Å². The molecule has 1 aromatic rings. The maximum atomic E-state index is 10.9. The normalized spacial score (nSPS) is 11.1. The van der Waals surface area contributed by atoms with Crippen LogP contribution in [-0.4, -0.2) is 5.97 Å². The summed E-state index contributed by atoms with van der Waals surface area (Å²) >= 11 is 4.94. The summed E-state index contributed by atoms with van der Waals surface area (Å²) in [5.74, 6) is -0.498. The first-order valence-corrected chi connectivity index (χ1v) is 4.58. The van der Waals surface area contributed by atoms with Gasteiger partial charge in [-0.05, 0) is 18.9 Å². The maximum Gasteiger partial charge on any atom is 0.351 e. The molecule has 0 amide bonds. The molecule has 0 aliphatic carbocycles. The van der Waals surface area contributed by atoms with Gasteiger partial charge in [0.25, 0.3) is 0 Å². The van der Waals surface area contributed by atoms with E-state index < -0.39 is 5.97 Å². The van der Waals surface area contributed by atoms with E-state index in [-0.39, 0.29) is 0 Å². The Kier molecular flexibility index (Phi) is 4.20. The third-order valence-corrected chi connectivity index (χ3v) is 2.02. The van der Waals surface area contributed by atoms with Gasteiger partial charge < -0.3 is 4.29 Å². The Hall–Kier alpha value is -1.28. The van der Waals surface area contributed by atoms with E-state index in [0.29, 0.717) is 12.0 Å². The van der Waals surface area contributed by atoms with Gasteiger partial charge in [-0.15, -0.1) is 0 Å². The fourth-order valence-corrected chi connectivity index (χ4v) is 1.15. The Labute approximate surface area is 88.3 Å². The third-order valence-electron chi connectivity index (χ3n) is 1.88. The third kappa shape index (κ3) is 3.23. The van der Waals surface area contributed by atoms with Crippen LogP contribution in [0.4, 0.5) is 0 Å². The molecule has 0 bridgehead atoms. The summed E-state index contributed by atoms with van der Waals surface area (Å²) in [5, 5.41) is 0. The van der Waals surface area contributed by atoms with Crippen LogP contribution in [0, 0.1) is 0 Å². The van der Waals surface area contributed by atoms with Crippen molar-refractivity contribution in [2.24, 2.45) is 0 Å². The number of halogens is 1. The predicted molar refractivity (Wildman–Crippen MR) is 55.8 cm³/mol. The monoisotopic (exact) mass is 210 g/mol. The molecular weight excluding hydrogens is 200 g/mol. The molecule has 2 nitrogen and oxygen atoms in total. The molecule has 0 spiro atoms. The molecule has 0 radical (unpaired) electrons. The van der Waals surface area contributed by atoms with E-state index in [9.17, 15) is 4.79 Å². The minimum absolute atomic E-state index is 0.498. The molecule has 0 saturated carbocycles. The molecule has 1 aromatic carbocycles. The van der Waals surface area contributed by atoms with E-state index in [1.54, 1.807) is 13.0 Å². The first-order valence-electron chi connectivity index (χ1n) is 4.27. The van der Waals surface area contributed by atoms with E-state index in [0.717, 1.165) is 5.56 Å². The Morgan fingerprint density at radius 1 is 1.43 bits per heavy atom. The summed E-state index contributed by atoms with van der Waals surface area (Å²) in [7, 11) is 0. The first-order chi connectivity index (χ1) is 6.74. The number of rotatable bonds is 3. The molecule has 0 aromatic heterocycles. The van der Waals surface area contributed by atoms with Crippen molar-refractivity contribution in [3.8, 4) is 0 Å². The number of hydrogen-bond donors (Lipinski definition) is 0. The Morgan fingerprint density at radius 3 is 2.64 bits per heavy atom. The average Bonchev–Trinajstić information content (AvgIpc) is 2.26. The minimum Gasteiger partial charge on any atom is -0.343 e. The van der Waals surface area contributed by atoms with Crippen molar-refractivity contribution >= 4 is 17.8 Å². The lowest BCUT2D eigenvalue weighted by atomic mass is 10.1. The quantitative estimate of drug-likeness (QED) is 0.718. The van der Waals surface area contributed by atoms with Crippen LogP contribution in [0.25, 0.3) is 0 Å². The van der Waals surface area contributed by atoms with Crippen LogP contribution in [0.15, 0.2) is 42.0 Å². The van der Waals surface area contributed by atoms with Crippen molar-refractivity contribution in [1.82, 2.24) is 0 Å². The Bertz CT molecular complexity index is 330. The van der Waals surface area contributed by atoms with Gasteiger partial charge in [0.2, 0.25) is 0 Å². The summed E-state index contributed by atoms with van der Waals surface area (Å²) in [4.78, 5) is 10.9. The van der Waals surface area contributed by atoms with Gasteiger partial charge in [0.05, 0.1) is 0 Å². The molecule has 0 aliphatic heterocycles. The van der Waals surface area contributed by atoms with Crippen LogP contribution >= 0.6 is 11.9 Å². The van der Waals surface area contributed by atoms with Crippen molar-refractivity contribution in [3.63, 3.8) is 0 Å². The van der Waals surface area contributed by atoms with Gasteiger partial charge in [0.15, 0.2) is 0 Å². The number of benzene rings is 1. The Balaban J connectivity index is 2.59. The van der Waals surface area contributed by atoms with Crippen LogP contribution < -0.4 is 0 Å². The molecule has 0 fully saturated rings. The van der Waals surface area contributed by atoms with Gasteiger partial charge in [-0.2, -0.15) is 0 Å². The van der Waals surface area contributed by atoms with E-state index >= 15 is 0 Å². The molecular formula is C11H11ClO2. The standard InChI is InChI=1S/C11H11ClO2/c1-9(11(13)14-12)7-8-10-5-3-2-4-6-10/h2-7H,8H2,1H3. The fraction of sp³-hybridized carbons (Fsp3) is 0.182. The molecule has 3 heteroatoms. The second kappa shape index (κ2) is 5.45. The van der Waals surface area contributed by atoms with Crippen molar-refractivity contribution < 1.29 is 9.08 Å². The topological polar surface area (TPSA) is 26.3 Å². The van der Waals surface area contributed by atoms with Crippen LogP contribution in [0.2, 0.25) is 0 Å². The maximum absolute atomic E-state index is 10.9. The highest BCUT2D eigenvalue weighted by molar-refractivity contribution is 6.15. The zero-order valence-electron chi connectivity index (χ0n) is 7.87. The summed E-state index contributed by atoms with van der Waals surface area (Å²) in [6, 6.07) is 9.86. The number of carbonyl (C=O) groups excluding carboxylic acids is 1. The molecule has 0 heterocycles. The van der Waals surface area contributed by atoms with Crippen LogP contribution in [0.3, 0.4) is 0 Å². The lowest BCUT2D eigenvalue weighted by molar-refractivity contribution is -0.129. The predicted octanol–water partition coefficient (Wildman–Crippen LogP) is 2.87. The SMILES string of the molecule is CC(=CCc1ccccc1)C(=O)OCl. The highest BCUT2D eigenvalue weighted by atomic mass is 35.5. The zero-order chi connectivity index (χ0) is 10.4. The summed E-state index contributed by atoms with van der Waals surface area (Å²) in [6.07, 6.45) is 2.50. The van der Waals surface area contributed by atoms with Gasteiger partial charge in [-0.1, -0.05) is 36.4 Å². The zero-order valence-corrected chi connectivity index (χ0v) is 8.62. The van der Waals surface area contributed by atoms with Crippen LogP contribution in [-0.2, 0) is 15.5 Å². The molecule has 0 unspecified atom stereocenters. The van der Waals surface area contributed by atoms with E-state index in [1.165, 1.54) is 0 Å². The molecule has 14 heavy (non-hydrogen) atoms. The summed E-state index contributed by atoms with van der Waals surface area (Å²) in [5.41, 5.74) is 1.66. The van der Waals surface area contributed by atoms with Gasteiger partial charge in [-0.3, -0.25) is 0 Å². The Morgan fingerprint density at radius 2 is 2.07 bits per heavy atom. The number of allylic oxidation sites excluding steroid dienone is 1. The van der Waals surface area contributed by atoms with Gasteiger partial charge in [0, 0.05) is 5.57 Å². The van der Waals surface area contributed by atoms with Crippen molar-refractivity contribution in [2.45, 2.75) is 13.3 Å². The van der Waals surface area contributed by atoms with Crippen molar-refractivity contribution in [3.05, 3.63) is 47.5 Å². The lowest BCUT2D eigenvalue weighted by Gasteiger charge is -1.97. The van der Waals surface area contributed by atoms with Crippen LogP contribution in [0.1, 0.15) is 12.5 Å². The summed E-state index contributed by atoms with van der Waals surface area (Å²) < 4.78 is 4.07. The average molecular weight is 211 g/mol. The lowest BCUT2D eigenvalue weighted by Crippen LogP contribution is -1.98. The van der Waals surface area contributed by atoms with E-state index in [4.69, 9.17) is 11.9 Å². The molecule has 0 N–H and O–H groups in total. The number of carbonyl (C=O) groups is 1.